The van der Waals surface area contributed by atoms with E-state index in [4.69, 9.17) is 0 Å². The van der Waals surface area contributed by atoms with Gasteiger partial charge in [0.2, 0.25) is 0 Å². The summed E-state index contributed by atoms with van der Waals surface area (Å²) in [4.78, 5) is 0. The zero-order valence-corrected chi connectivity index (χ0v) is 12.1. The fourth-order valence-electron chi connectivity index (χ4n) is 1.49. The first-order valence-electron chi connectivity index (χ1n) is 5.77. The molecule has 0 bridgehead atoms. The Morgan fingerprint density at radius 1 is 1.32 bits per heavy atom. The van der Waals surface area contributed by atoms with E-state index in [0.29, 0.717) is 18.3 Å². The Morgan fingerprint density at radius 2 is 2.05 bits per heavy atom. The van der Waals surface area contributed by atoms with Gasteiger partial charge in [-0.3, -0.25) is 0 Å². The van der Waals surface area contributed by atoms with E-state index in [2.05, 4.69) is 31.6 Å². The predicted molar refractivity (Wildman–Crippen MR) is 71.0 cm³/mol. The summed E-state index contributed by atoms with van der Waals surface area (Å²) >= 11 is 2.93. The lowest BCUT2D eigenvalue weighted by Gasteiger charge is -2.05. The van der Waals surface area contributed by atoms with Crippen molar-refractivity contribution in [1.82, 2.24) is 20.3 Å². The van der Waals surface area contributed by atoms with Crippen molar-refractivity contribution in [2.24, 2.45) is 0 Å². The summed E-state index contributed by atoms with van der Waals surface area (Å²) in [5, 5.41) is 10.9. The molecular formula is C12H13BrF2N4. The van der Waals surface area contributed by atoms with E-state index in [1.54, 1.807) is 6.20 Å². The molecule has 19 heavy (non-hydrogen) atoms. The first-order chi connectivity index (χ1) is 8.97. The number of rotatable bonds is 4. The largest absolute Gasteiger partial charge is 0.309 e. The van der Waals surface area contributed by atoms with E-state index < -0.39 is 11.6 Å². The minimum absolute atomic E-state index is 0.0315. The fourth-order valence-corrected chi connectivity index (χ4v) is 1.81. The second kappa shape index (κ2) is 5.75. The monoisotopic (exact) mass is 330 g/mol. The van der Waals surface area contributed by atoms with Crippen LogP contribution in [0.2, 0.25) is 0 Å². The molecule has 0 saturated heterocycles. The molecule has 1 aromatic heterocycles. The molecule has 4 nitrogen and oxygen atoms in total. The van der Waals surface area contributed by atoms with Crippen molar-refractivity contribution in [2.45, 2.75) is 26.4 Å². The molecule has 0 aliphatic heterocycles. The third-order valence-electron chi connectivity index (χ3n) is 2.47. The lowest BCUT2D eigenvalue weighted by molar-refractivity contribution is 0.578. The van der Waals surface area contributed by atoms with Crippen LogP contribution in [0.25, 0.3) is 5.69 Å². The molecule has 0 atom stereocenters. The highest BCUT2D eigenvalue weighted by Crippen LogP contribution is 2.22. The van der Waals surface area contributed by atoms with Crippen LogP contribution in [0.3, 0.4) is 0 Å². The van der Waals surface area contributed by atoms with Crippen molar-refractivity contribution in [1.29, 1.82) is 0 Å². The Balaban J connectivity index is 2.25. The second-order valence-corrected chi connectivity index (χ2v) is 5.26. The Morgan fingerprint density at radius 3 is 2.74 bits per heavy atom. The van der Waals surface area contributed by atoms with Crippen LogP contribution in [0.15, 0.2) is 22.8 Å². The Bertz CT molecular complexity index is 583. The van der Waals surface area contributed by atoms with Crippen LogP contribution in [0.4, 0.5) is 8.78 Å². The average Bonchev–Trinajstić information content (AvgIpc) is 2.80. The van der Waals surface area contributed by atoms with Gasteiger partial charge >= 0.3 is 0 Å². The van der Waals surface area contributed by atoms with Gasteiger partial charge in [-0.2, -0.15) is 0 Å². The number of benzene rings is 1. The first kappa shape index (κ1) is 14.1. The summed E-state index contributed by atoms with van der Waals surface area (Å²) < 4.78 is 28.5. The molecule has 2 aromatic rings. The van der Waals surface area contributed by atoms with Gasteiger partial charge in [-0.1, -0.05) is 19.1 Å². The zero-order chi connectivity index (χ0) is 14.0. The van der Waals surface area contributed by atoms with Crippen molar-refractivity contribution in [2.75, 3.05) is 0 Å². The van der Waals surface area contributed by atoms with Crippen LogP contribution in [0, 0.1) is 11.6 Å². The lowest BCUT2D eigenvalue weighted by Crippen LogP contribution is -2.21. The number of aromatic nitrogens is 3. The standard InChI is InChI=1S/C12H13BrF2N4/c1-7(2)16-5-8-6-19(18-17-8)12-4-10(14)9(13)3-11(12)15/h3-4,6-7,16H,5H2,1-2H3. The zero-order valence-electron chi connectivity index (χ0n) is 10.5. The van der Waals surface area contributed by atoms with Crippen LogP contribution in [-0.4, -0.2) is 21.0 Å². The van der Waals surface area contributed by atoms with Gasteiger partial charge in [0.05, 0.1) is 16.4 Å². The number of hydrogen-bond acceptors (Lipinski definition) is 3. The van der Waals surface area contributed by atoms with Crippen LogP contribution >= 0.6 is 15.9 Å². The highest BCUT2D eigenvalue weighted by atomic mass is 79.9. The van der Waals surface area contributed by atoms with Gasteiger partial charge in [-0.25, -0.2) is 13.5 Å². The maximum Gasteiger partial charge on any atom is 0.150 e. The normalized spacial score (nSPS) is 11.3. The Hall–Kier alpha value is -1.34. The Labute approximate surface area is 117 Å². The van der Waals surface area contributed by atoms with Crippen molar-refractivity contribution in [3.05, 3.63) is 40.1 Å². The van der Waals surface area contributed by atoms with Crippen LogP contribution in [0.5, 0.6) is 0 Å². The maximum absolute atomic E-state index is 13.7. The molecule has 0 fully saturated rings. The molecule has 0 radical (unpaired) electrons. The Kier molecular flexibility index (Phi) is 4.26. The smallest absolute Gasteiger partial charge is 0.150 e. The molecule has 1 heterocycles. The molecule has 0 aliphatic rings. The van der Waals surface area contributed by atoms with E-state index in [9.17, 15) is 8.78 Å². The molecule has 0 amide bonds. The van der Waals surface area contributed by atoms with Gasteiger partial charge in [0.25, 0.3) is 0 Å². The van der Waals surface area contributed by atoms with Crippen molar-refractivity contribution < 1.29 is 8.78 Å². The van der Waals surface area contributed by atoms with E-state index in [0.717, 1.165) is 12.1 Å². The van der Waals surface area contributed by atoms with E-state index in [1.807, 2.05) is 13.8 Å². The summed E-state index contributed by atoms with van der Waals surface area (Å²) in [7, 11) is 0. The molecule has 102 valence electrons. The molecular weight excluding hydrogens is 318 g/mol. The summed E-state index contributed by atoms with van der Waals surface area (Å²) in [5.41, 5.74) is 0.695. The summed E-state index contributed by atoms with van der Waals surface area (Å²) in [6.45, 7) is 4.54. The van der Waals surface area contributed by atoms with Crippen molar-refractivity contribution >= 4 is 15.9 Å². The molecule has 7 heteroatoms. The van der Waals surface area contributed by atoms with Gasteiger partial charge < -0.3 is 5.32 Å². The third-order valence-corrected chi connectivity index (χ3v) is 3.08. The summed E-state index contributed by atoms with van der Waals surface area (Å²) in [6.07, 6.45) is 1.57. The van der Waals surface area contributed by atoms with Crippen molar-refractivity contribution in [3.63, 3.8) is 0 Å². The predicted octanol–water partition coefficient (Wildman–Crippen LogP) is 2.81. The van der Waals surface area contributed by atoms with Crippen molar-refractivity contribution in [3.8, 4) is 5.69 Å². The fraction of sp³-hybridized carbons (Fsp3) is 0.333. The topological polar surface area (TPSA) is 42.7 Å². The van der Waals surface area contributed by atoms with Gasteiger partial charge in [0.15, 0.2) is 0 Å². The SMILES string of the molecule is CC(C)NCc1cn(-c2cc(F)c(Br)cc2F)nn1. The summed E-state index contributed by atoms with van der Waals surface area (Å²) in [5.74, 6) is -1.12. The molecule has 0 saturated carbocycles. The number of nitrogens with zero attached hydrogens (tertiary/aromatic N) is 3. The highest BCUT2D eigenvalue weighted by molar-refractivity contribution is 9.10. The minimum Gasteiger partial charge on any atom is -0.309 e. The lowest BCUT2D eigenvalue weighted by atomic mass is 10.3. The maximum atomic E-state index is 13.7. The molecule has 0 aliphatic carbocycles. The first-order valence-corrected chi connectivity index (χ1v) is 6.56. The number of nitrogens with one attached hydrogen (secondary N) is 1. The molecule has 1 aromatic carbocycles. The van der Waals surface area contributed by atoms with E-state index >= 15 is 0 Å². The molecule has 1 N–H and O–H groups in total. The van der Waals surface area contributed by atoms with Crippen LogP contribution in [-0.2, 0) is 6.54 Å². The van der Waals surface area contributed by atoms with Gasteiger partial charge in [0, 0.05) is 18.7 Å². The highest BCUT2D eigenvalue weighted by Gasteiger charge is 2.12. The quantitative estimate of drug-likeness (QED) is 0.876. The minimum atomic E-state index is -0.568. The molecule has 0 spiro atoms. The average molecular weight is 331 g/mol. The number of hydrogen-bond donors (Lipinski definition) is 1. The number of halogens is 3. The third kappa shape index (κ3) is 3.36. The van der Waals surface area contributed by atoms with Crippen LogP contribution < -0.4 is 5.32 Å². The molecule has 2 rings (SSSR count). The summed E-state index contributed by atoms with van der Waals surface area (Å²) in [6, 6.07) is 2.46. The van der Waals surface area contributed by atoms with Gasteiger partial charge in [0.1, 0.15) is 17.3 Å². The van der Waals surface area contributed by atoms with E-state index in [-0.39, 0.29) is 10.2 Å². The van der Waals surface area contributed by atoms with Gasteiger partial charge in [-0.05, 0) is 22.0 Å². The molecule has 0 unspecified atom stereocenters. The van der Waals surface area contributed by atoms with E-state index in [1.165, 1.54) is 4.68 Å². The second-order valence-electron chi connectivity index (χ2n) is 4.41. The van der Waals surface area contributed by atoms with Crippen LogP contribution in [0.1, 0.15) is 19.5 Å². The van der Waals surface area contributed by atoms with Gasteiger partial charge in [-0.15, -0.1) is 5.10 Å².